The Labute approximate surface area is 128 Å². The lowest BCUT2D eigenvalue weighted by Gasteiger charge is -2.45. The van der Waals surface area contributed by atoms with E-state index >= 15 is 0 Å². The third-order valence-electron chi connectivity index (χ3n) is 4.61. The average Bonchev–Trinajstić information content (AvgIpc) is 2.46. The van der Waals surface area contributed by atoms with Crippen LogP contribution in [0, 0.1) is 13.8 Å². The molecule has 1 aromatic rings. The Bertz CT molecular complexity index is 494. The summed E-state index contributed by atoms with van der Waals surface area (Å²) in [5.74, 6) is 0.890. The lowest BCUT2D eigenvalue weighted by Crippen LogP contribution is -2.55. The van der Waals surface area contributed by atoms with Gasteiger partial charge in [-0.25, -0.2) is 0 Å². The van der Waals surface area contributed by atoms with E-state index in [2.05, 4.69) is 44.7 Å². The molecule has 0 aromatic heterocycles. The molecule has 2 rings (SSSR count). The first-order valence-corrected chi connectivity index (χ1v) is 7.61. The van der Waals surface area contributed by atoms with Crippen molar-refractivity contribution in [1.29, 1.82) is 0 Å². The minimum atomic E-state index is -0.142. The first kappa shape index (κ1) is 16.3. The zero-order valence-electron chi connectivity index (χ0n) is 13.9. The Balaban J connectivity index is 2.36. The number of hydrogen-bond acceptors (Lipinski definition) is 4. The van der Waals surface area contributed by atoms with Gasteiger partial charge in [0.15, 0.2) is 0 Å². The van der Waals surface area contributed by atoms with Crippen molar-refractivity contribution < 1.29 is 9.47 Å². The second kappa shape index (κ2) is 6.34. The highest BCUT2D eigenvalue weighted by atomic mass is 16.5. The Morgan fingerprint density at radius 2 is 1.86 bits per heavy atom. The van der Waals surface area contributed by atoms with E-state index in [9.17, 15) is 0 Å². The monoisotopic (exact) mass is 292 g/mol. The molecule has 1 aromatic carbocycles. The van der Waals surface area contributed by atoms with E-state index in [-0.39, 0.29) is 11.6 Å². The first-order valence-electron chi connectivity index (χ1n) is 7.61. The van der Waals surface area contributed by atoms with Gasteiger partial charge in [-0.1, -0.05) is 6.07 Å². The highest BCUT2D eigenvalue weighted by Crippen LogP contribution is 2.37. The molecule has 1 aliphatic heterocycles. The van der Waals surface area contributed by atoms with Crippen LogP contribution in [0.1, 0.15) is 36.6 Å². The SMILES string of the molecule is COc1cc(C)cc(C)c1C(N)C(C)(C)N1CCOCC1. The average molecular weight is 292 g/mol. The van der Waals surface area contributed by atoms with Crippen molar-refractivity contribution in [2.24, 2.45) is 5.73 Å². The van der Waals surface area contributed by atoms with Crippen molar-refractivity contribution in [2.45, 2.75) is 39.3 Å². The number of ether oxygens (including phenoxy) is 2. The molecular weight excluding hydrogens is 264 g/mol. The maximum Gasteiger partial charge on any atom is 0.124 e. The smallest absolute Gasteiger partial charge is 0.124 e. The molecule has 1 aliphatic rings. The number of methoxy groups -OCH3 is 1. The van der Waals surface area contributed by atoms with E-state index in [0.29, 0.717) is 0 Å². The van der Waals surface area contributed by atoms with Crippen LogP contribution in [0.25, 0.3) is 0 Å². The Morgan fingerprint density at radius 1 is 1.24 bits per heavy atom. The van der Waals surface area contributed by atoms with Gasteiger partial charge in [0.1, 0.15) is 5.75 Å². The Morgan fingerprint density at radius 3 is 2.43 bits per heavy atom. The minimum Gasteiger partial charge on any atom is -0.496 e. The molecular formula is C17H28N2O2. The molecule has 1 heterocycles. The number of nitrogens with zero attached hydrogens (tertiary/aromatic N) is 1. The van der Waals surface area contributed by atoms with E-state index in [1.165, 1.54) is 11.1 Å². The van der Waals surface area contributed by atoms with Crippen molar-refractivity contribution in [2.75, 3.05) is 33.4 Å². The highest BCUT2D eigenvalue weighted by Gasteiger charge is 2.37. The summed E-state index contributed by atoms with van der Waals surface area (Å²) in [4.78, 5) is 2.42. The van der Waals surface area contributed by atoms with E-state index in [4.69, 9.17) is 15.2 Å². The number of rotatable bonds is 4. The molecule has 118 valence electrons. The van der Waals surface area contributed by atoms with Gasteiger partial charge in [0.05, 0.1) is 26.4 Å². The summed E-state index contributed by atoms with van der Waals surface area (Å²) in [5.41, 5.74) is 10.0. The van der Waals surface area contributed by atoms with Crippen LogP contribution < -0.4 is 10.5 Å². The molecule has 1 fully saturated rings. The third-order valence-corrected chi connectivity index (χ3v) is 4.61. The molecule has 0 bridgehead atoms. The molecule has 1 unspecified atom stereocenters. The summed E-state index contributed by atoms with van der Waals surface area (Å²) in [5, 5.41) is 0. The number of nitrogens with two attached hydrogens (primary N) is 1. The Hall–Kier alpha value is -1.10. The molecule has 0 radical (unpaired) electrons. The molecule has 21 heavy (non-hydrogen) atoms. The molecule has 4 nitrogen and oxygen atoms in total. The third kappa shape index (κ3) is 3.23. The molecule has 2 N–H and O–H groups in total. The van der Waals surface area contributed by atoms with E-state index in [1.54, 1.807) is 7.11 Å². The van der Waals surface area contributed by atoms with Gasteiger partial charge in [0.25, 0.3) is 0 Å². The van der Waals surface area contributed by atoms with Gasteiger partial charge in [-0.05, 0) is 44.9 Å². The van der Waals surface area contributed by atoms with E-state index in [1.807, 2.05) is 0 Å². The first-order chi connectivity index (χ1) is 9.87. The normalized spacial score (nSPS) is 18.6. The highest BCUT2D eigenvalue weighted by molar-refractivity contribution is 5.46. The lowest BCUT2D eigenvalue weighted by atomic mass is 9.84. The van der Waals surface area contributed by atoms with Crippen LogP contribution in [0.4, 0.5) is 0 Å². The van der Waals surface area contributed by atoms with Crippen LogP contribution in [0.15, 0.2) is 12.1 Å². The fourth-order valence-corrected chi connectivity index (χ4v) is 3.20. The van der Waals surface area contributed by atoms with Crippen molar-refractivity contribution in [3.63, 3.8) is 0 Å². The van der Waals surface area contributed by atoms with Crippen LogP contribution in [-0.4, -0.2) is 43.9 Å². The second-order valence-corrected chi connectivity index (χ2v) is 6.43. The standard InChI is InChI=1S/C17H28N2O2/c1-12-10-13(2)15(14(11-12)20-5)16(18)17(3,4)19-6-8-21-9-7-19/h10-11,16H,6-9,18H2,1-5H3. The van der Waals surface area contributed by atoms with Crippen LogP contribution in [-0.2, 0) is 4.74 Å². The fourth-order valence-electron chi connectivity index (χ4n) is 3.20. The van der Waals surface area contributed by atoms with Gasteiger partial charge in [0.2, 0.25) is 0 Å². The zero-order chi connectivity index (χ0) is 15.6. The van der Waals surface area contributed by atoms with E-state index < -0.39 is 0 Å². The van der Waals surface area contributed by atoms with Crippen LogP contribution in [0.5, 0.6) is 5.75 Å². The number of morpholine rings is 1. The van der Waals surface area contributed by atoms with Crippen molar-refractivity contribution in [3.05, 3.63) is 28.8 Å². The predicted octanol–water partition coefficient (Wildman–Crippen LogP) is 2.42. The fraction of sp³-hybridized carbons (Fsp3) is 0.647. The summed E-state index contributed by atoms with van der Waals surface area (Å²) < 4.78 is 11.0. The maximum absolute atomic E-state index is 6.67. The van der Waals surface area contributed by atoms with Crippen molar-refractivity contribution in [3.8, 4) is 5.75 Å². The van der Waals surface area contributed by atoms with Gasteiger partial charge >= 0.3 is 0 Å². The molecule has 1 saturated heterocycles. The van der Waals surface area contributed by atoms with Gasteiger partial charge in [-0.15, -0.1) is 0 Å². The van der Waals surface area contributed by atoms with Gasteiger partial charge in [0, 0.05) is 24.2 Å². The summed E-state index contributed by atoms with van der Waals surface area (Å²) in [7, 11) is 1.71. The summed E-state index contributed by atoms with van der Waals surface area (Å²) >= 11 is 0. The molecule has 0 spiro atoms. The van der Waals surface area contributed by atoms with Crippen LogP contribution in [0.3, 0.4) is 0 Å². The lowest BCUT2D eigenvalue weighted by molar-refractivity contribution is -0.0193. The predicted molar refractivity (Wildman–Crippen MR) is 85.9 cm³/mol. The number of hydrogen-bond donors (Lipinski definition) is 1. The molecule has 0 saturated carbocycles. The summed E-state index contributed by atoms with van der Waals surface area (Å²) in [6.07, 6.45) is 0. The summed E-state index contributed by atoms with van der Waals surface area (Å²) in [6, 6.07) is 4.14. The molecule has 1 atom stereocenters. The van der Waals surface area contributed by atoms with Gasteiger partial charge in [-0.2, -0.15) is 0 Å². The Kier molecular flexibility index (Phi) is 4.91. The van der Waals surface area contributed by atoms with Gasteiger partial charge in [-0.3, -0.25) is 4.90 Å². The van der Waals surface area contributed by atoms with Crippen LogP contribution in [0.2, 0.25) is 0 Å². The maximum atomic E-state index is 6.67. The topological polar surface area (TPSA) is 47.7 Å². The van der Waals surface area contributed by atoms with Crippen LogP contribution >= 0.6 is 0 Å². The molecule has 4 heteroatoms. The van der Waals surface area contributed by atoms with Gasteiger partial charge < -0.3 is 15.2 Å². The number of benzene rings is 1. The quantitative estimate of drug-likeness (QED) is 0.926. The second-order valence-electron chi connectivity index (χ2n) is 6.43. The largest absolute Gasteiger partial charge is 0.496 e. The molecule has 0 aliphatic carbocycles. The number of aryl methyl sites for hydroxylation is 2. The minimum absolute atomic E-state index is 0.105. The summed E-state index contributed by atoms with van der Waals surface area (Å²) in [6.45, 7) is 12.0. The van der Waals surface area contributed by atoms with E-state index in [0.717, 1.165) is 37.6 Å². The van der Waals surface area contributed by atoms with Crippen molar-refractivity contribution >= 4 is 0 Å². The van der Waals surface area contributed by atoms with Crippen molar-refractivity contribution in [1.82, 2.24) is 4.90 Å². The molecule has 0 amide bonds. The zero-order valence-corrected chi connectivity index (χ0v) is 13.9.